The van der Waals surface area contributed by atoms with Gasteiger partial charge in [-0.15, -0.1) is 0 Å². The average Bonchev–Trinajstić information content (AvgIpc) is 2.78. The number of ether oxygens (including phenoxy) is 1. The lowest BCUT2D eigenvalue weighted by Crippen LogP contribution is -2.46. The van der Waals surface area contributed by atoms with Crippen LogP contribution in [-0.2, 0) is 0 Å². The zero-order valence-corrected chi connectivity index (χ0v) is 19.1. The van der Waals surface area contributed by atoms with E-state index in [1.54, 1.807) is 36.4 Å². The van der Waals surface area contributed by atoms with Crippen LogP contribution in [0.15, 0.2) is 48.5 Å². The molecular formula is C28H34FNO3. The van der Waals surface area contributed by atoms with Crippen LogP contribution >= 0.6 is 0 Å². The predicted molar refractivity (Wildman–Crippen MR) is 127 cm³/mol. The fraction of sp³-hybridized carbons (Fsp3) is 0.536. The SMILES string of the molecule is O=C(Nc1ccccc1F)c1ccccc1OCC(O)CCCC12CC3CC(CC(C3)C1)C2. The summed E-state index contributed by atoms with van der Waals surface area (Å²) in [5, 5.41) is 13.1. The number of hydrogen-bond acceptors (Lipinski definition) is 3. The molecule has 33 heavy (non-hydrogen) atoms. The number of halogens is 1. The number of carbonyl (C=O) groups excluding carboxylic acids is 1. The van der Waals surface area contributed by atoms with Crippen LogP contribution in [-0.4, -0.2) is 23.7 Å². The summed E-state index contributed by atoms with van der Waals surface area (Å²) >= 11 is 0. The van der Waals surface area contributed by atoms with E-state index >= 15 is 0 Å². The standard InChI is InChI=1S/C28H34FNO3/c29-24-8-2-3-9-25(24)30-27(32)23-7-1-4-10-26(23)33-18-22(31)6-5-11-28-15-19-12-20(16-28)14-21(13-19)17-28/h1-4,7-10,19-22,31H,5-6,11-18H2,(H,30,32). The summed E-state index contributed by atoms with van der Waals surface area (Å²) < 4.78 is 19.7. The van der Waals surface area contributed by atoms with Gasteiger partial charge in [0.15, 0.2) is 0 Å². The maximum absolute atomic E-state index is 13.9. The van der Waals surface area contributed by atoms with E-state index in [1.165, 1.54) is 57.1 Å². The van der Waals surface area contributed by atoms with Gasteiger partial charge in [0.25, 0.3) is 5.91 Å². The molecule has 0 aliphatic heterocycles. The van der Waals surface area contributed by atoms with Crippen molar-refractivity contribution in [3.8, 4) is 5.75 Å². The molecule has 4 aliphatic carbocycles. The van der Waals surface area contributed by atoms with Crippen LogP contribution in [0.2, 0.25) is 0 Å². The Kier molecular flexibility index (Phi) is 6.42. The summed E-state index contributed by atoms with van der Waals surface area (Å²) in [7, 11) is 0. The van der Waals surface area contributed by atoms with Gasteiger partial charge in [-0.25, -0.2) is 4.39 Å². The van der Waals surface area contributed by atoms with E-state index in [9.17, 15) is 14.3 Å². The number of hydrogen-bond donors (Lipinski definition) is 2. The van der Waals surface area contributed by atoms with Crippen LogP contribution in [0.5, 0.6) is 5.75 Å². The van der Waals surface area contributed by atoms with Gasteiger partial charge in [-0.05, 0) is 98.8 Å². The number of para-hydroxylation sites is 2. The molecule has 4 fully saturated rings. The first-order chi connectivity index (χ1) is 16.0. The van der Waals surface area contributed by atoms with Crippen molar-refractivity contribution >= 4 is 11.6 Å². The Balaban J connectivity index is 1.12. The van der Waals surface area contributed by atoms with Crippen LogP contribution in [0.3, 0.4) is 0 Å². The summed E-state index contributed by atoms with van der Waals surface area (Å²) in [4.78, 5) is 12.7. The monoisotopic (exact) mass is 451 g/mol. The summed E-state index contributed by atoms with van der Waals surface area (Å²) in [6, 6.07) is 12.9. The molecule has 0 spiro atoms. The number of rotatable bonds is 9. The second-order valence-electron chi connectivity index (χ2n) is 10.7. The summed E-state index contributed by atoms with van der Waals surface area (Å²) in [6.45, 7) is 0.144. The van der Waals surface area contributed by atoms with Gasteiger partial charge in [0, 0.05) is 0 Å². The van der Waals surface area contributed by atoms with Crippen LogP contribution in [0, 0.1) is 29.0 Å². The fourth-order valence-electron chi connectivity index (χ4n) is 7.11. The first-order valence-corrected chi connectivity index (χ1v) is 12.5. The maximum atomic E-state index is 13.9. The highest BCUT2D eigenvalue weighted by Gasteiger charge is 2.50. The summed E-state index contributed by atoms with van der Waals surface area (Å²) in [6.07, 6.45) is 11.0. The smallest absolute Gasteiger partial charge is 0.259 e. The van der Waals surface area contributed by atoms with Gasteiger partial charge in [0.05, 0.1) is 17.4 Å². The molecule has 5 heteroatoms. The average molecular weight is 452 g/mol. The topological polar surface area (TPSA) is 58.6 Å². The Labute approximate surface area is 195 Å². The van der Waals surface area contributed by atoms with Gasteiger partial charge < -0.3 is 15.2 Å². The molecule has 0 saturated heterocycles. The third-order valence-corrected chi connectivity index (χ3v) is 8.09. The third-order valence-electron chi connectivity index (χ3n) is 8.09. The molecule has 2 N–H and O–H groups in total. The molecule has 2 aromatic carbocycles. The molecule has 2 aromatic rings. The van der Waals surface area contributed by atoms with Gasteiger partial charge in [-0.3, -0.25) is 4.79 Å². The van der Waals surface area contributed by atoms with Gasteiger partial charge >= 0.3 is 0 Å². The van der Waals surface area contributed by atoms with Crippen LogP contribution < -0.4 is 10.1 Å². The molecular weight excluding hydrogens is 417 g/mol. The summed E-state index contributed by atoms with van der Waals surface area (Å²) in [5.74, 6) is 2.33. The van der Waals surface area contributed by atoms with Crippen LogP contribution in [0.25, 0.3) is 0 Å². The first kappa shape index (κ1) is 22.4. The van der Waals surface area contributed by atoms with E-state index in [1.807, 2.05) is 0 Å². The lowest BCUT2D eigenvalue weighted by atomic mass is 9.48. The minimum absolute atomic E-state index is 0.127. The number of aliphatic hydroxyl groups excluding tert-OH is 1. The van der Waals surface area contributed by atoms with Gasteiger partial charge in [0.2, 0.25) is 0 Å². The number of benzene rings is 2. The Bertz CT molecular complexity index is 955. The highest BCUT2D eigenvalue weighted by molar-refractivity contribution is 6.06. The van der Waals surface area contributed by atoms with E-state index in [0.29, 0.717) is 23.1 Å². The minimum atomic E-state index is -0.568. The van der Waals surface area contributed by atoms with E-state index in [-0.39, 0.29) is 12.3 Å². The van der Waals surface area contributed by atoms with Crippen molar-refractivity contribution in [2.24, 2.45) is 23.2 Å². The quantitative estimate of drug-likeness (QED) is 0.477. The number of nitrogens with one attached hydrogen (secondary N) is 1. The zero-order valence-electron chi connectivity index (χ0n) is 19.1. The molecule has 0 heterocycles. The van der Waals surface area contributed by atoms with Crippen LogP contribution in [0.4, 0.5) is 10.1 Å². The molecule has 4 bridgehead atoms. The Hall–Kier alpha value is -2.40. The number of amides is 1. The van der Waals surface area contributed by atoms with Crippen molar-refractivity contribution in [1.29, 1.82) is 0 Å². The molecule has 4 nitrogen and oxygen atoms in total. The second-order valence-corrected chi connectivity index (χ2v) is 10.7. The van der Waals surface area contributed by atoms with Crippen molar-refractivity contribution in [3.63, 3.8) is 0 Å². The van der Waals surface area contributed by atoms with Gasteiger partial charge in [-0.1, -0.05) is 30.7 Å². The third kappa shape index (κ3) is 5.08. The first-order valence-electron chi connectivity index (χ1n) is 12.5. The summed E-state index contributed by atoms with van der Waals surface area (Å²) in [5.41, 5.74) is 0.982. The van der Waals surface area contributed by atoms with Crippen molar-refractivity contribution in [1.82, 2.24) is 0 Å². The van der Waals surface area contributed by atoms with E-state index in [0.717, 1.165) is 24.2 Å². The zero-order chi connectivity index (χ0) is 22.8. The fourth-order valence-corrected chi connectivity index (χ4v) is 7.11. The number of aliphatic hydroxyl groups is 1. The van der Waals surface area contributed by atoms with Crippen LogP contribution in [0.1, 0.15) is 68.1 Å². The van der Waals surface area contributed by atoms with E-state index in [2.05, 4.69) is 5.32 Å². The lowest BCUT2D eigenvalue weighted by molar-refractivity contribution is -0.0597. The second kappa shape index (κ2) is 9.46. The van der Waals surface area contributed by atoms with Crippen molar-refractivity contribution in [2.45, 2.75) is 63.9 Å². The molecule has 0 aromatic heterocycles. The Morgan fingerprint density at radius 1 is 1.03 bits per heavy atom. The van der Waals surface area contributed by atoms with E-state index < -0.39 is 17.8 Å². The number of anilines is 1. The molecule has 1 atom stereocenters. The maximum Gasteiger partial charge on any atom is 0.259 e. The van der Waals surface area contributed by atoms with Crippen molar-refractivity contribution in [2.75, 3.05) is 11.9 Å². The van der Waals surface area contributed by atoms with Crippen molar-refractivity contribution < 1.29 is 19.0 Å². The van der Waals surface area contributed by atoms with E-state index in [4.69, 9.17) is 4.74 Å². The normalized spacial score (nSPS) is 28.5. The molecule has 4 aliphatic rings. The molecule has 0 radical (unpaired) electrons. The van der Waals surface area contributed by atoms with Gasteiger partial charge in [-0.2, -0.15) is 0 Å². The minimum Gasteiger partial charge on any atom is -0.490 e. The largest absolute Gasteiger partial charge is 0.490 e. The highest BCUT2D eigenvalue weighted by Crippen LogP contribution is 2.61. The molecule has 1 unspecified atom stereocenters. The Morgan fingerprint density at radius 3 is 2.36 bits per heavy atom. The molecule has 1 amide bonds. The Morgan fingerprint density at radius 2 is 1.67 bits per heavy atom. The van der Waals surface area contributed by atoms with Gasteiger partial charge in [0.1, 0.15) is 18.2 Å². The predicted octanol–water partition coefficient (Wildman–Crippen LogP) is 6.20. The lowest BCUT2D eigenvalue weighted by Gasteiger charge is -2.57. The molecule has 4 saturated carbocycles. The highest BCUT2D eigenvalue weighted by atomic mass is 19.1. The molecule has 6 rings (SSSR count). The molecule has 176 valence electrons. The number of carbonyl (C=O) groups is 1. The van der Waals surface area contributed by atoms with Crippen molar-refractivity contribution in [3.05, 3.63) is 59.9 Å².